The van der Waals surface area contributed by atoms with Gasteiger partial charge in [-0.05, 0) is 90.3 Å². The molecular weight excluding hydrogens is 547 g/mol. The summed E-state index contributed by atoms with van der Waals surface area (Å²) in [7, 11) is -3.62. The number of halogens is 3. The van der Waals surface area contributed by atoms with E-state index in [9.17, 15) is 8.42 Å². The topological polar surface area (TPSA) is 49.4 Å². The monoisotopic (exact) mass is 578 g/mol. The van der Waals surface area contributed by atoms with Crippen LogP contribution in [0.3, 0.4) is 0 Å². The van der Waals surface area contributed by atoms with Gasteiger partial charge < -0.3 is 4.90 Å². The number of benzene rings is 3. The molecule has 1 fully saturated rings. The van der Waals surface area contributed by atoms with Gasteiger partial charge in [0.2, 0.25) is 10.0 Å². The quantitative estimate of drug-likeness (QED) is 0.292. The molecule has 1 saturated heterocycles. The van der Waals surface area contributed by atoms with Crippen molar-refractivity contribution >= 4 is 50.5 Å². The molecule has 0 radical (unpaired) electrons. The van der Waals surface area contributed by atoms with Gasteiger partial charge in [-0.2, -0.15) is 0 Å². The van der Waals surface area contributed by atoms with Crippen molar-refractivity contribution in [1.82, 2.24) is 4.72 Å². The average molecular weight is 580 g/mol. The molecule has 3 aromatic carbocycles. The standard InChI is InChI=1S/C29H33Cl3N2O2S/c1-4-29(2,3)21-6-13-25(14-7-21)37(35,36)33-18-20-5-16-28(26-15-10-23(31)17-27(26)32)34(19-20)24-11-8-22(30)9-12-24/h6-15,17,20,28,33H,4-5,16,18-19H2,1-3H3. The number of anilines is 1. The third-order valence-corrected chi connectivity index (χ3v) is 9.81. The van der Waals surface area contributed by atoms with E-state index in [4.69, 9.17) is 34.8 Å². The lowest BCUT2D eigenvalue weighted by Gasteiger charge is -2.42. The van der Waals surface area contributed by atoms with Gasteiger partial charge in [-0.25, -0.2) is 13.1 Å². The largest absolute Gasteiger partial charge is 0.364 e. The van der Waals surface area contributed by atoms with Gasteiger partial charge in [0.05, 0.1) is 10.9 Å². The fourth-order valence-electron chi connectivity index (χ4n) is 4.83. The second-order valence-electron chi connectivity index (χ2n) is 10.4. The Morgan fingerprint density at radius 1 is 0.919 bits per heavy atom. The molecule has 0 saturated carbocycles. The molecule has 0 spiro atoms. The van der Waals surface area contributed by atoms with Gasteiger partial charge in [-0.1, -0.05) is 73.8 Å². The Labute approximate surface area is 236 Å². The molecular formula is C29H33Cl3N2O2S. The highest BCUT2D eigenvalue weighted by Crippen LogP contribution is 2.40. The fourth-order valence-corrected chi connectivity index (χ4v) is 6.60. The van der Waals surface area contributed by atoms with Crippen LogP contribution in [-0.4, -0.2) is 21.5 Å². The van der Waals surface area contributed by atoms with Crippen LogP contribution in [0.25, 0.3) is 0 Å². The van der Waals surface area contributed by atoms with Gasteiger partial charge in [-0.3, -0.25) is 0 Å². The molecule has 0 amide bonds. The zero-order valence-electron chi connectivity index (χ0n) is 21.3. The molecule has 0 aliphatic carbocycles. The zero-order valence-corrected chi connectivity index (χ0v) is 24.4. The molecule has 0 bridgehead atoms. The van der Waals surface area contributed by atoms with Gasteiger partial charge in [0.1, 0.15) is 0 Å². The minimum Gasteiger partial charge on any atom is -0.364 e. The lowest BCUT2D eigenvalue weighted by atomic mass is 9.82. The highest BCUT2D eigenvalue weighted by Gasteiger charge is 2.32. The van der Waals surface area contributed by atoms with Gasteiger partial charge in [0.15, 0.2) is 0 Å². The third-order valence-electron chi connectivity index (χ3n) is 7.55. The number of hydrogen-bond donors (Lipinski definition) is 1. The normalized spacial score (nSPS) is 18.7. The number of rotatable bonds is 8. The Morgan fingerprint density at radius 2 is 1.57 bits per heavy atom. The highest BCUT2D eigenvalue weighted by atomic mass is 35.5. The summed E-state index contributed by atoms with van der Waals surface area (Å²) >= 11 is 18.9. The van der Waals surface area contributed by atoms with Crippen LogP contribution in [0.5, 0.6) is 0 Å². The van der Waals surface area contributed by atoms with Crippen molar-refractivity contribution < 1.29 is 8.42 Å². The molecule has 1 aliphatic heterocycles. The van der Waals surface area contributed by atoms with Crippen LogP contribution in [0, 0.1) is 5.92 Å². The first kappa shape index (κ1) is 28.3. The van der Waals surface area contributed by atoms with E-state index in [2.05, 4.69) is 30.4 Å². The van der Waals surface area contributed by atoms with Gasteiger partial charge >= 0.3 is 0 Å². The third kappa shape index (κ3) is 6.63. The summed E-state index contributed by atoms with van der Waals surface area (Å²) in [6, 6.07) is 20.6. The van der Waals surface area contributed by atoms with Gasteiger partial charge in [0.25, 0.3) is 0 Å². The summed E-state index contributed by atoms with van der Waals surface area (Å²) in [5, 5.41) is 1.89. The van der Waals surface area contributed by atoms with Crippen molar-refractivity contribution in [2.75, 3.05) is 18.0 Å². The maximum Gasteiger partial charge on any atom is 0.240 e. The molecule has 1 N–H and O–H groups in total. The minimum atomic E-state index is -3.62. The molecule has 0 aromatic heterocycles. The summed E-state index contributed by atoms with van der Waals surface area (Å²) < 4.78 is 29.0. The number of hydrogen-bond acceptors (Lipinski definition) is 3. The van der Waals surface area contributed by atoms with Crippen LogP contribution in [0.1, 0.15) is 57.2 Å². The van der Waals surface area contributed by atoms with Crippen LogP contribution >= 0.6 is 34.8 Å². The minimum absolute atomic E-state index is 0.00642. The summed E-state index contributed by atoms with van der Waals surface area (Å²) in [4.78, 5) is 2.58. The lowest BCUT2D eigenvalue weighted by Crippen LogP contribution is -2.42. The molecule has 8 heteroatoms. The molecule has 4 nitrogen and oxygen atoms in total. The zero-order chi connectivity index (χ0) is 26.8. The highest BCUT2D eigenvalue weighted by molar-refractivity contribution is 7.89. The molecule has 2 unspecified atom stereocenters. The first-order valence-corrected chi connectivity index (χ1v) is 15.2. The van der Waals surface area contributed by atoms with E-state index in [1.807, 2.05) is 48.5 Å². The predicted octanol–water partition coefficient (Wildman–Crippen LogP) is 8.27. The van der Waals surface area contributed by atoms with Crippen molar-refractivity contribution in [3.8, 4) is 0 Å². The maximum absolute atomic E-state index is 13.1. The van der Waals surface area contributed by atoms with Crippen molar-refractivity contribution in [2.24, 2.45) is 5.92 Å². The Bertz CT molecular complexity index is 1330. The van der Waals surface area contributed by atoms with E-state index in [-0.39, 0.29) is 17.4 Å². The molecule has 198 valence electrons. The van der Waals surface area contributed by atoms with Crippen LogP contribution < -0.4 is 9.62 Å². The fraction of sp³-hybridized carbons (Fsp3) is 0.379. The number of nitrogens with zero attached hydrogens (tertiary/aromatic N) is 1. The van der Waals surface area contributed by atoms with Crippen molar-refractivity contribution in [3.63, 3.8) is 0 Å². The SMILES string of the molecule is CCC(C)(C)c1ccc(S(=O)(=O)NCC2CCC(c3ccc(Cl)cc3Cl)N(c3ccc(Cl)cc3)C2)cc1. The Balaban J connectivity index is 1.51. The van der Waals surface area contributed by atoms with E-state index in [1.165, 1.54) is 0 Å². The molecule has 3 aromatic rings. The summed E-state index contributed by atoms with van der Waals surface area (Å²) in [5.41, 5.74) is 3.16. The summed E-state index contributed by atoms with van der Waals surface area (Å²) in [6.45, 7) is 7.49. The first-order chi connectivity index (χ1) is 17.5. The van der Waals surface area contributed by atoms with Crippen molar-refractivity contribution in [1.29, 1.82) is 0 Å². The summed E-state index contributed by atoms with van der Waals surface area (Å²) in [6.07, 6.45) is 2.67. The second-order valence-corrected chi connectivity index (χ2v) is 13.4. The first-order valence-electron chi connectivity index (χ1n) is 12.6. The van der Waals surface area contributed by atoms with Crippen LogP contribution in [0.4, 0.5) is 5.69 Å². The smallest absolute Gasteiger partial charge is 0.240 e. The molecule has 2 atom stereocenters. The van der Waals surface area contributed by atoms with Gasteiger partial charge in [0, 0.05) is 33.8 Å². The van der Waals surface area contributed by atoms with E-state index in [1.54, 1.807) is 18.2 Å². The average Bonchev–Trinajstić information content (AvgIpc) is 2.88. The van der Waals surface area contributed by atoms with Crippen LogP contribution in [-0.2, 0) is 15.4 Å². The number of sulfonamides is 1. The number of piperidine rings is 1. The Morgan fingerprint density at radius 3 is 2.19 bits per heavy atom. The molecule has 4 rings (SSSR count). The number of nitrogens with one attached hydrogen (secondary N) is 1. The van der Waals surface area contributed by atoms with Crippen molar-refractivity contribution in [2.45, 2.75) is 56.4 Å². The molecule has 37 heavy (non-hydrogen) atoms. The van der Waals surface area contributed by atoms with E-state index in [0.717, 1.165) is 36.1 Å². The second kappa shape index (κ2) is 11.5. The molecule has 1 aliphatic rings. The predicted molar refractivity (Wildman–Crippen MR) is 156 cm³/mol. The van der Waals surface area contributed by atoms with Crippen LogP contribution in [0.2, 0.25) is 15.1 Å². The van der Waals surface area contributed by atoms with Crippen molar-refractivity contribution in [3.05, 3.63) is 92.9 Å². The molecule has 1 heterocycles. The van der Waals surface area contributed by atoms with E-state index >= 15 is 0 Å². The lowest BCUT2D eigenvalue weighted by molar-refractivity contribution is 0.358. The van der Waals surface area contributed by atoms with Gasteiger partial charge in [-0.15, -0.1) is 0 Å². The van der Waals surface area contributed by atoms with Crippen LogP contribution in [0.15, 0.2) is 71.6 Å². The van der Waals surface area contributed by atoms with E-state index < -0.39 is 10.0 Å². The maximum atomic E-state index is 13.1. The Hall–Kier alpha value is -1.76. The Kier molecular flexibility index (Phi) is 8.82. The van der Waals surface area contributed by atoms with E-state index in [0.29, 0.717) is 33.1 Å². The summed E-state index contributed by atoms with van der Waals surface area (Å²) in [5.74, 6) is 0.131.